The molecule has 56 valence electrons. The molecule has 0 rings (SSSR count). The van der Waals surface area contributed by atoms with E-state index in [1.165, 1.54) is 0 Å². The molecule has 0 aromatic heterocycles. The molecule has 0 aromatic rings. The number of hydrogen-bond donors (Lipinski definition) is 0. The van der Waals surface area contributed by atoms with Crippen LogP contribution in [0.25, 0.3) is 0 Å². The molecule has 0 bridgehead atoms. The van der Waals surface area contributed by atoms with E-state index >= 15 is 0 Å². The molecule has 0 radical (unpaired) electrons. The first-order valence-electron chi connectivity index (χ1n) is 1.78. The van der Waals surface area contributed by atoms with Gasteiger partial charge in [-0.15, -0.1) is 0 Å². The first kappa shape index (κ1) is 11.1. The molecule has 0 fully saturated rings. The first-order chi connectivity index (χ1) is 3.73. The SMILES string of the molecule is CC(=O)[O-].F[B-](F)(F)F. The smallest absolute Gasteiger partial charge is 0.550 e. The molecule has 0 aliphatic rings. The fourth-order valence-corrected chi connectivity index (χ4v) is 0. The molecule has 0 heterocycles. The molecule has 0 spiro atoms. The Morgan fingerprint density at radius 3 is 1.33 bits per heavy atom. The van der Waals surface area contributed by atoms with Crippen LogP contribution in [0.2, 0.25) is 0 Å². The van der Waals surface area contributed by atoms with E-state index in [9.17, 15) is 17.3 Å². The van der Waals surface area contributed by atoms with Crippen molar-refractivity contribution in [1.29, 1.82) is 0 Å². The van der Waals surface area contributed by atoms with Gasteiger partial charge in [-0.05, 0) is 6.92 Å². The fraction of sp³-hybridized carbons (Fsp3) is 0.500. The Balaban J connectivity index is 0. The van der Waals surface area contributed by atoms with Crippen LogP contribution in [0.3, 0.4) is 0 Å². The summed E-state index contributed by atoms with van der Waals surface area (Å²) in [7, 11) is -6.00. The summed E-state index contributed by atoms with van der Waals surface area (Å²) in [6.45, 7) is 0.972. The van der Waals surface area contributed by atoms with Gasteiger partial charge in [-0.2, -0.15) is 0 Å². The number of carbonyl (C=O) groups is 1. The van der Waals surface area contributed by atoms with Gasteiger partial charge in [-0.1, -0.05) is 0 Å². The predicted molar refractivity (Wildman–Crippen MR) is 20.9 cm³/mol. The highest BCUT2D eigenvalue weighted by Crippen LogP contribution is 2.06. The van der Waals surface area contributed by atoms with Crippen molar-refractivity contribution >= 4 is 13.2 Å². The third-order valence-electron chi connectivity index (χ3n) is 0. The van der Waals surface area contributed by atoms with Crippen molar-refractivity contribution in [3.8, 4) is 0 Å². The summed E-state index contributed by atoms with van der Waals surface area (Å²) in [6, 6.07) is 0. The summed E-state index contributed by atoms with van der Waals surface area (Å²) in [6.07, 6.45) is 0. The van der Waals surface area contributed by atoms with Crippen LogP contribution in [-0.2, 0) is 4.79 Å². The molecule has 0 unspecified atom stereocenters. The van der Waals surface area contributed by atoms with Crippen molar-refractivity contribution in [2.24, 2.45) is 0 Å². The maximum atomic E-state index is 9.75. The van der Waals surface area contributed by atoms with E-state index in [-0.39, 0.29) is 0 Å². The molecule has 9 heavy (non-hydrogen) atoms. The fourth-order valence-electron chi connectivity index (χ4n) is 0. The van der Waals surface area contributed by atoms with Crippen LogP contribution in [0.15, 0.2) is 0 Å². The third kappa shape index (κ3) is 361. The van der Waals surface area contributed by atoms with Crippen LogP contribution in [-0.4, -0.2) is 13.2 Å². The zero-order valence-electron chi connectivity index (χ0n) is 4.41. The number of carboxylic acid groups (broad SMARTS) is 1. The van der Waals surface area contributed by atoms with Gasteiger partial charge in [0.05, 0.1) is 0 Å². The Morgan fingerprint density at radius 2 is 1.33 bits per heavy atom. The van der Waals surface area contributed by atoms with Crippen molar-refractivity contribution in [2.45, 2.75) is 6.92 Å². The van der Waals surface area contributed by atoms with E-state index in [1.54, 1.807) is 0 Å². The topological polar surface area (TPSA) is 40.1 Å². The normalized spacial score (nSPS) is 9.44. The van der Waals surface area contributed by atoms with Crippen molar-refractivity contribution in [3.63, 3.8) is 0 Å². The lowest BCUT2D eigenvalue weighted by Gasteiger charge is -1.94. The van der Waals surface area contributed by atoms with E-state index in [0.717, 1.165) is 6.92 Å². The zero-order chi connectivity index (χ0) is 8.08. The largest absolute Gasteiger partial charge is 0.673 e. The second-order valence-corrected chi connectivity index (χ2v) is 0.986. The average molecular weight is 146 g/mol. The highest BCUT2D eigenvalue weighted by molar-refractivity contribution is 6.50. The molecule has 0 amide bonds. The minimum Gasteiger partial charge on any atom is -0.550 e. The van der Waals surface area contributed by atoms with Crippen LogP contribution < -0.4 is 5.11 Å². The number of carboxylic acids is 1. The Morgan fingerprint density at radius 1 is 1.33 bits per heavy atom. The minimum absolute atomic E-state index is 0.972. The van der Waals surface area contributed by atoms with Gasteiger partial charge in [0.25, 0.3) is 0 Å². The van der Waals surface area contributed by atoms with Crippen LogP contribution in [0.4, 0.5) is 17.3 Å². The molecule has 0 N–H and O–H groups in total. The van der Waals surface area contributed by atoms with E-state index in [1.807, 2.05) is 0 Å². The van der Waals surface area contributed by atoms with Gasteiger partial charge in [-0.25, -0.2) is 0 Å². The van der Waals surface area contributed by atoms with Crippen LogP contribution in [0.1, 0.15) is 6.92 Å². The van der Waals surface area contributed by atoms with Crippen LogP contribution in [0, 0.1) is 0 Å². The molecule has 0 aliphatic carbocycles. The number of rotatable bonds is 0. The lowest BCUT2D eigenvalue weighted by Crippen LogP contribution is -2.16. The van der Waals surface area contributed by atoms with E-state index in [2.05, 4.69) is 0 Å². The summed E-state index contributed by atoms with van der Waals surface area (Å²) >= 11 is 0. The molecule has 0 atom stereocenters. The third-order valence-corrected chi connectivity index (χ3v) is 0. The standard InChI is InChI=1S/C2H4O2.BF4/c1-2(3)4;2-1(3,4)5/h1H3,(H,3,4);/q;-1/p-1. The van der Waals surface area contributed by atoms with Crippen LogP contribution in [0.5, 0.6) is 0 Å². The Labute approximate surface area is 48.6 Å². The van der Waals surface area contributed by atoms with Crippen molar-refractivity contribution in [2.75, 3.05) is 0 Å². The predicted octanol–water partition coefficient (Wildman–Crippen LogP) is 0.0562. The number of hydrogen-bond acceptors (Lipinski definition) is 2. The highest BCUT2D eigenvalue weighted by Gasteiger charge is 2.20. The number of halogens is 4. The Hall–Kier alpha value is -0.745. The molecule has 0 aromatic carbocycles. The number of carbonyl (C=O) groups excluding carboxylic acids is 1. The first-order valence-corrected chi connectivity index (χ1v) is 1.78. The molecule has 0 aliphatic heterocycles. The van der Waals surface area contributed by atoms with E-state index < -0.39 is 13.2 Å². The van der Waals surface area contributed by atoms with E-state index in [0.29, 0.717) is 0 Å². The summed E-state index contributed by atoms with van der Waals surface area (Å²) in [5.74, 6) is -1.08. The summed E-state index contributed by atoms with van der Waals surface area (Å²) in [5.41, 5.74) is 0. The Kier molecular flexibility index (Phi) is 5.14. The van der Waals surface area contributed by atoms with Crippen LogP contribution >= 0.6 is 0 Å². The van der Waals surface area contributed by atoms with Gasteiger partial charge in [0.1, 0.15) is 0 Å². The average Bonchev–Trinajstić information content (AvgIpc) is 1.19. The summed E-state index contributed by atoms with van der Waals surface area (Å²) in [5, 5.41) is 8.89. The molecule has 2 nitrogen and oxygen atoms in total. The molecule has 7 heteroatoms. The van der Waals surface area contributed by atoms with Crippen molar-refractivity contribution in [3.05, 3.63) is 0 Å². The van der Waals surface area contributed by atoms with E-state index in [4.69, 9.17) is 9.90 Å². The quantitative estimate of drug-likeness (QED) is 0.357. The van der Waals surface area contributed by atoms with Gasteiger partial charge in [-0.3, -0.25) is 0 Å². The second kappa shape index (κ2) is 4.17. The van der Waals surface area contributed by atoms with Gasteiger partial charge >= 0.3 is 7.25 Å². The second-order valence-electron chi connectivity index (χ2n) is 0.986. The van der Waals surface area contributed by atoms with Crippen molar-refractivity contribution in [1.82, 2.24) is 0 Å². The summed E-state index contributed by atoms with van der Waals surface area (Å²) < 4.78 is 39.0. The van der Waals surface area contributed by atoms with Crippen molar-refractivity contribution < 1.29 is 27.2 Å². The molecular formula is C2H3BF4O2-2. The molecule has 0 saturated heterocycles. The Bertz CT molecular complexity index is 79.1. The molecule has 0 saturated carbocycles. The summed E-state index contributed by atoms with van der Waals surface area (Å²) in [4.78, 5) is 8.89. The molecular weight excluding hydrogens is 143 g/mol. The highest BCUT2D eigenvalue weighted by atomic mass is 19.5. The van der Waals surface area contributed by atoms with Gasteiger partial charge < -0.3 is 27.2 Å². The minimum atomic E-state index is -6.00. The maximum Gasteiger partial charge on any atom is 0.673 e. The lowest BCUT2D eigenvalue weighted by atomic mass is 10.3. The van der Waals surface area contributed by atoms with Gasteiger partial charge in [0.15, 0.2) is 0 Å². The monoisotopic (exact) mass is 146 g/mol. The number of aliphatic carboxylic acids is 1. The zero-order valence-corrected chi connectivity index (χ0v) is 4.41. The van der Waals surface area contributed by atoms with Gasteiger partial charge in [0, 0.05) is 5.97 Å². The lowest BCUT2D eigenvalue weighted by molar-refractivity contribution is -0.302. The maximum absolute atomic E-state index is 9.75. The van der Waals surface area contributed by atoms with Gasteiger partial charge in [0.2, 0.25) is 0 Å².